The largest absolute Gasteiger partial charge is 0.418 e. The average Bonchev–Trinajstić information content (AvgIpc) is 2.81. The quantitative estimate of drug-likeness (QED) is 0.749. The number of nitrogens with one attached hydrogen (secondary N) is 1. The van der Waals surface area contributed by atoms with Gasteiger partial charge >= 0.3 is 18.4 Å². The summed E-state index contributed by atoms with van der Waals surface area (Å²) in [5, 5.41) is 1.86. The van der Waals surface area contributed by atoms with Crippen molar-refractivity contribution in [2.75, 3.05) is 24.7 Å². The van der Waals surface area contributed by atoms with Crippen LogP contribution in [0.5, 0.6) is 0 Å². The van der Waals surface area contributed by atoms with Crippen LogP contribution >= 0.6 is 11.8 Å². The standard InChI is InChI=1S/C13H11F6N3OS/c1-22-5-6-24-11(22)21-10(23)20-9-7(12(14,15)16)3-2-4-8(9)13(17,18)19/h2-4H,5-6H2,1H3,(H,20,23). The van der Waals surface area contributed by atoms with Gasteiger partial charge in [0, 0.05) is 19.3 Å². The summed E-state index contributed by atoms with van der Waals surface area (Å²) in [5.41, 5.74) is -4.52. The summed E-state index contributed by atoms with van der Waals surface area (Å²) in [6, 6.07) is 0.268. The van der Waals surface area contributed by atoms with E-state index in [0.717, 1.165) is 0 Å². The number of anilines is 1. The number of hydrogen-bond acceptors (Lipinski definition) is 2. The van der Waals surface area contributed by atoms with Gasteiger partial charge in [0.25, 0.3) is 0 Å². The van der Waals surface area contributed by atoms with Crippen molar-refractivity contribution < 1.29 is 31.1 Å². The number of carbonyl (C=O) groups excluding carboxylic acids is 1. The highest BCUT2D eigenvalue weighted by Crippen LogP contribution is 2.42. The normalized spacial score (nSPS) is 17.5. The lowest BCUT2D eigenvalue weighted by atomic mass is 10.1. The number of amidine groups is 1. The van der Waals surface area contributed by atoms with Crippen LogP contribution < -0.4 is 5.32 Å². The van der Waals surface area contributed by atoms with Crippen LogP contribution in [0.25, 0.3) is 0 Å². The third-order valence-corrected chi connectivity index (χ3v) is 4.14. The zero-order chi connectivity index (χ0) is 18.1. The van der Waals surface area contributed by atoms with E-state index in [1.165, 1.54) is 11.8 Å². The van der Waals surface area contributed by atoms with Crippen molar-refractivity contribution in [3.05, 3.63) is 29.3 Å². The number of urea groups is 1. The van der Waals surface area contributed by atoms with Gasteiger partial charge in [-0.2, -0.15) is 31.3 Å². The molecule has 0 atom stereocenters. The highest BCUT2D eigenvalue weighted by molar-refractivity contribution is 8.14. The zero-order valence-electron chi connectivity index (χ0n) is 12.1. The van der Waals surface area contributed by atoms with E-state index in [-0.39, 0.29) is 5.17 Å². The van der Waals surface area contributed by atoms with Crippen LogP contribution in [0.2, 0.25) is 0 Å². The van der Waals surface area contributed by atoms with Gasteiger partial charge in [-0.1, -0.05) is 17.8 Å². The average molecular weight is 371 g/mol. The molecule has 0 unspecified atom stereocenters. The fraction of sp³-hybridized carbons (Fsp3) is 0.385. The van der Waals surface area contributed by atoms with Gasteiger partial charge < -0.3 is 10.2 Å². The van der Waals surface area contributed by atoms with E-state index < -0.39 is 35.2 Å². The molecule has 1 N–H and O–H groups in total. The fourth-order valence-electron chi connectivity index (χ4n) is 1.98. The van der Waals surface area contributed by atoms with Gasteiger partial charge in [-0.05, 0) is 12.1 Å². The van der Waals surface area contributed by atoms with Crippen LogP contribution in [-0.2, 0) is 12.4 Å². The maximum absolute atomic E-state index is 13.0. The predicted molar refractivity (Wildman–Crippen MR) is 78.0 cm³/mol. The van der Waals surface area contributed by atoms with Crippen molar-refractivity contribution in [3.63, 3.8) is 0 Å². The molecule has 0 spiro atoms. The topological polar surface area (TPSA) is 44.7 Å². The summed E-state index contributed by atoms with van der Waals surface area (Å²) in [6.45, 7) is 0.573. The van der Waals surface area contributed by atoms with Gasteiger partial charge in [-0.15, -0.1) is 0 Å². The van der Waals surface area contributed by atoms with Crippen molar-refractivity contribution >= 4 is 28.6 Å². The third-order valence-electron chi connectivity index (χ3n) is 3.09. The maximum Gasteiger partial charge on any atom is 0.418 e. The summed E-state index contributed by atoms with van der Waals surface area (Å²) in [4.78, 5) is 16.9. The Labute approximate surface area is 136 Å². The second kappa shape index (κ2) is 6.54. The first-order valence-electron chi connectivity index (χ1n) is 6.51. The molecule has 0 bridgehead atoms. The highest BCUT2D eigenvalue weighted by atomic mass is 32.2. The summed E-state index contributed by atoms with van der Waals surface area (Å²) in [5.74, 6) is 0.621. The smallest absolute Gasteiger partial charge is 0.353 e. The molecule has 1 aromatic carbocycles. The molecular weight excluding hydrogens is 360 g/mol. The van der Waals surface area contributed by atoms with E-state index in [1.54, 1.807) is 17.3 Å². The molecule has 1 aliphatic rings. The second-order valence-electron chi connectivity index (χ2n) is 4.82. The first-order valence-corrected chi connectivity index (χ1v) is 7.49. The van der Waals surface area contributed by atoms with Gasteiger partial charge in [-0.3, -0.25) is 0 Å². The Kier molecular flexibility index (Phi) is 5.02. The van der Waals surface area contributed by atoms with Crippen LogP contribution in [-0.4, -0.2) is 35.4 Å². The molecule has 2 amide bonds. The number of aliphatic imine (C=N–C) groups is 1. The van der Waals surface area contributed by atoms with Crippen molar-refractivity contribution in [2.24, 2.45) is 4.99 Å². The number of benzene rings is 1. The van der Waals surface area contributed by atoms with E-state index in [4.69, 9.17) is 0 Å². The molecule has 1 heterocycles. The number of nitrogens with zero attached hydrogens (tertiary/aromatic N) is 2. The molecule has 1 fully saturated rings. The molecule has 132 valence electrons. The van der Waals surface area contributed by atoms with E-state index in [1.807, 2.05) is 0 Å². The van der Waals surface area contributed by atoms with Crippen LogP contribution in [0.1, 0.15) is 11.1 Å². The van der Waals surface area contributed by atoms with E-state index in [2.05, 4.69) is 4.99 Å². The molecule has 0 radical (unpaired) electrons. The van der Waals surface area contributed by atoms with Gasteiger partial charge in [0.05, 0.1) is 16.8 Å². The SMILES string of the molecule is CN1CCSC1=NC(=O)Nc1c(C(F)(F)F)cccc1C(F)(F)F. The minimum Gasteiger partial charge on any atom is -0.353 e. The molecule has 4 nitrogen and oxygen atoms in total. The molecule has 2 rings (SSSR count). The number of rotatable bonds is 1. The Bertz CT molecular complexity index is 638. The van der Waals surface area contributed by atoms with E-state index in [0.29, 0.717) is 30.5 Å². The molecule has 0 aromatic heterocycles. The number of para-hydroxylation sites is 1. The molecule has 1 aliphatic heterocycles. The monoisotopic (exact) mass is 371 g/mol. The summed E-state index contributed by atoms with van der Waals surface area (Å²) < 4.78 is 77.8. The number of alkyl halides is 6. The van der Waals surface area contributed by atoms with Gasteiger partial charge in [0.15, 0.2) is 5.17 Å². The number of thioether (sulfide) groups is 1. The Morgan fingerprint density at radius 2 is 1.71 bits per heavy atom. The van der Waals surface area contributed by atoms with Crippen molar-refractivity contribution in [1.29, 1.82) is 0 Å². The lowest BCUT2D eigenvalue weighted by Gasteiger charge is -2.18. The van der Waals surface area contributed by atoms with Crippen LogP contribution in [0, 0.1) is 0 Å². The predicted octanol–water partition coefficient (Wildman–Crippen LogP) is 4.29. The number of amides is 2. The lowest BCUT2D eigenvalue weighted by Crippen LogP contribution is -2.23. The van der Waals surface area contributed by atoms with Crippen LogP contribution in [0.4, 0.5) is 36.8 Å². The summed E-state index contributed by atoms with van der Waals surface area (Å²) >= 11 is 1.18. The fourth-order valence-corrected chi connectivity index (χ4v) is 2.99. The first kappa shape index (κ1) is 18.4. The molecule has 1 aromatic rings. The molecular formula is C13H11F6N3OS. The van der Waals surface area contributed by atoms with Crippen LogP contribution in [0.15, 0.2) is 23.2 Å². The zero-order valence-corrected chi connectivity index (χ0v) is 12.9. The minimum atomic E-state index is -5.06. The lowest BCUT2D eigenvalue weighted by molar-refractivity contribution is -0.141. The highest BCUT2D eigenvalue weighted by Gasteiger charge is 2.41. The Morgan fingerprint density at radius 3 is 2.12 bits per heavy atom. The number of carbonyl (C=O) groups is 1. The minimum absolute atomic E-state index is 0.227. The summed E-state index contributed by atoms with van der Waals surface area (Å²) in [7, 11) is 1.61. The van der Waals surface area contributed by atoms with Crippen LogP contribution in [0.3, 0.4) is 0 Å². The molecule has 0 saturated carbocycles. The van der Waals surface area contributed by atoms with Crippen molar-refractivity contribution in [1.82, 2.24) is 4.90 Å². The molecule has 11 heteroatoms. The van der Waals surface area contributed by atoms with Gasteiger partial charge in [0.1, 0.15) is 0 Å². The van der Waals surface area contributed by atoms with Crippen molar-refractivity contribution in [3.8, 4) is 0 Å². The second-order valence-corrected chi connectivity index (χ2v) is 5.88. The number of halogens is 6. The maximum atomic E-state index is 13.0. The summed E-state index contributed by atoms with van der Waals surface area (Å²) in [6.07, 6.45) is -10.1. The Balaban J connectivity index is 2.42. The first-order chi connectivity index (χ1) is 11.0. The molecule has 24 heavy (non-hydrogen) atoms. The van der Waals surface area contributed by atoms with Gasteiger partial charge in [0.2, 0.25) is 0 Å². The Morgan fingerprint density at radius 1 is 1.17 bits per heavy atom. The molecule has 0 aliphatic carbocycles. The number of hydrogen-bond donors (Lipinski definition) is 1. The third kappa shape index (κ3) is 4.13. The van der Waals surface area contributed by atoms with E-state index >= 15 is 0 Å². The van der Waals surface area contributed by atoms with Crippen molar-refractivity contribution in [2.45, 2.75) is 12.4 Å². The molecule has 1 saturated heterocycles. The Hall–Kier alpha value is -1.91. The van der Waals surface area contributed by atoms with E-state index in [9.17, 15) is 31.1 Å². The van der Waals surface area contributed by atoms with Gasteiger partial charge in [-0.25, -0.2) is 4.79 Å².